The summed E-state index contributed by atoms with van der Waals surface area (Å²) < 4.78 is 11.3. The second kappa shape index (κ2) is 8.95. The Kier molecular flexibility index (Phi) is 6.14. The van der Waals surface area contributed by atoms with Crippen molar-refractivity contribution in [1.82, 2.24) is 4.90 Å². The van der Waals surface area contributed by atoms with Gasteiger partial charge in [-0.1, -0.05) is 23.7 Å². The molecule has 0 unspecified atom stereocenters. The average molecular weight is 415 g/mol. The van der Waals surface area contributed by atoms with Crippen LogP contribution in [0.5, 0.6) is 11.5 Å². The van der Waals surface area contributed by atoms with Crippen LogP contribution in [-0.4, -0.2) is 44.2 Å². The molecule has 2 aromatic carbocycles. The number of hydrogen-bond donors (Lipinski definition) is 0. The monoisotopic (exact) mass is 414 g/mol. The van der Waals surface area contributed by atoms with Gasteiger partial charge in [-0.05, 0) is 49.1 Å². The van der Waals surface area contributed by atoms with Crippen LogP contribution in [0.4, 0.5) is 5.69 Å². The highest BCUT2D eigenvalue weighted by atomic mass is 35.5. The number of fused-ring (bicyclic) bond motifs is 1. The molecule has 0 bridgehead atoms. The van der Waals surface area contributed by atoms with Gasteiger partial charge in [0.25, 0.3) is 5.91 Å². The van der Waals surface area contributed by atoms with Gasteiger partial charge in [-0.2, -0.15) is 0 Å². The highest BCUT2D eigenvalue weighted by Gasteiger charge is 2.20. The molecule has 6 heteroatoms. The number of piperidine rings is 1. The Morgan fingerprint density at radius 1 is 1.03 bits per heavy atom. The second-order valence-corrected chi connectivity index (χ2v) is 8.12. The smallest absolute Gasteiger partial charge is 0.254 e. The molecule has 0 radical (unpaired) electrons. The van der Waals surface area contributed by atoms with E-state index in [1.54, 1.807) is 24.1 Å². The number of carbonyl (C=O) groups excluding carboxylic acids is 1. The number of halogens is 1. The summed E-state index contributed by atoms with van der Waals surface area (Å²) >= 11 is 6.34. The lowest BCUT2D eigenvalue weighted by Gasteiger charge is -2.29. The fraction of sp³-hybridized carbons (Fsp3) is 0.435. The summed E-state index contributed by atoms with van der Waals surface area (Å²) in [6.07, 6.45) is 4.64. The summed E-state index contributed by atoms with van der Waals surface area (Å²) in [6.45, 7) is 3.91. The number of ether oxygens (including phenoxy) is 2. The van der Waals surface area contributed by atoms with Gasteiger partial charge < -0.3 is 19.3 Å². The Morgan fingerprint density at radius 3 is 2.52 bits per heavy atom. The summed E-state index contributed by atoms with van der Waals surface area (Å²) in [4.78, 5) is 17.1. The zero-order chi connectivity index (χ0) is 20.2. The number of hydrogen-bond acceptors (Lipinski definition) is 4. The molecule has 0 aliphatic carbocycles. The third kappa shape index (κ3) is 4.61. The van der Waals surface area contributed by atoms with Crippen molar-refractivity contribution in [3.63, 3.8) is 0 Å². The third-order valence-electron chi connectivity index (χ3n) is 5.47. The highest BCUT2D eigenvalue weighted by Crippen LogP contribution is 2.38. The molecule has 5 nitrogen and oxygen atoms in total. The summed E-state index contributed by atoms with van der Waals surface area (Å²) in [5.74, 6) is 0.969. The average Bonchev–Trinajstić information content (AvgIpc) is 3.00. The first kappa shape index (κ1) is 19.9. The van der Waals surface area contributed by atoms with E-state index in [1.165, 1.54) is 24.9 Å². The molecule has 1 fully saturated rings. The van der Waals surface area contributed by atoms with E-state index in [0.29, 0.717) is 41.8 Å². The molecule has 2 heterocycles. The van der Waals surface area contributed by atoms with Crippen molar-refractivity contribution in [2.75, 3.05) is 38.3 Å². The molecule has 0 aromatic heterocycles. The van der Waals surface area contributed by atoms with E-state index in [4.69, 9.17) is 21.1 Å². The lowest BCUT2D eigenvalue weighted by Crippen LogP contribution is -2.29. The number of rotatable bonds is 4. The maximum Gasteiger partial charge on any atom is 0.254 e. The summed E-state index contributed by atoms with van der Waals surface area (Å²) in [7, 11) is 1.80. The number of benzene rings is 2. The van der Waals surface area contributed by atoms with Crippen LogP contribution >= 0.6 is 11.6 Å². The predicted octanol–water partition coefficient (Wildman–Crippen LogP) is 4.76. The van der Waals surface area contributed by atoms with Gasteiger partial charge in [0.05, 0.1) is 18.2 Å². The Bertz CT molecular complexity index is 863. The van der Waals surface area contributed by atoms with Gasteiger partial charge >= 0.3 is 0 Å². The molecule has 1 saturated heterocycles. The van der Waals surface area contributed by atoms with Gasteiger partial charge in [0, 0.05) is 44.4 Å². The first-order chi connectivity index (χ1) is 14.1. The van der Waals surface area contributed by atoms with E-state index in [2.05, 4.69) is 29.2 Å². The van der Waals surface area contributed by atoms with Gasteiger partial charge in [-0.15, -0.1) is 0 Å². The lowest BCUT2D eigenvalue weighted by atomic mass is 10.1. The van der Waals surface area contributed by atoms with Crippen LogP contribution in [0.15, 0.2) is 36.4 Å². The van der Waals surface area contributed by atoms with E-state index in [1.807, 2.05) is 0 Å². The van der Waals surface area contributed by atoms with Crippen LogP contribution in [-0.2, 0) is 6.54 Å². The summed E-state index contributed by atoms with van der Waals surface area (Å²) in [6, 6.07) is 11.9. The second-order valence-electron chi connectivity index (χ2n) is 7.71. The highest BCUT2D eigenvalue weighted by molar-refractivity contribution is 6.32. The molecule has 0 saturated carbocycles. The molecule has 29 heavy (non-hydrogen) atoms. The zero-order valence-electron chi connectivity index (χ0n) is 16.8. The Balaban J connectivity index is 1.44. The van der Waals surface area contributed by atoms with Crippen LogP contribution in [0.25, 0.3) is 0 Å². The number of nitrogens with zero attached hydrogens (tertiary/aromatic N) is 2. The number of amides is 1. The summed E-state index contributed by atoms with van der Waals surface area (Å²) in [5, 5.41) is 0.409. The van der Waals surface area contributed by atoms with Crippen LogP contribution < -0.4 is 14.4 Å². The lowest BCUT2D eigenvalue weighted by molar-refractivity contribution is 0.0784. The first-order valence-electron chi connectivity index (χ1n) is 10.3. The van der Waals surface area contributed by atoms with E-state index in [-0.39, 0.29) is 5.91 Å². The largest absolute Gasteiger partial charge is 0.489 e. The molecule has 2 aromatic rings. The van der Waals surface area contributed by atoms with E-state index >= 15 is 0 Å². The SMILES string of the molecule is CN(Cc1ccc(N2CCCCC2)cc1)C(=O)c1cc(Cl)c2c(c1)OCCCO2. The van der Waals surface area contributed by atoms with Crippen molar-refractivity contribution in [2.45, 2.75) is 32.2 Å². The molecular formula is C23H27ClN2O3. The first-order valence-corrected chi connectivity index (χ1v) is 10.7. The molecule has 2 aliphatic rings. The Morgan fingerprint density at radius 2 is 1.76 bits per heavy atom. The van der Waals surface area contributed by atoms with Crippen molar-refractivity contribution in [1.29, 1.82) is 0 Å². The minimum atomic E-state index is -0.0948. The van der Waals surface area contributed by atoms with Crippen LogP contribution in [0.2, 0.25) is 5.02 Å². The van der Waals surface area contributed by atoms with E-state index in [9.17, 15) is 4.79 Å². The Labute approximate surface area is 177 Å². The number of anilines is 1. The van der Waals surface area contributed by atoms with Gasteiger partial charge in [0.1, 0.15) is 0 Å². The number of carbonyl (C=O) groups is 1. The van der Waals surface area contributed by atoms with Crippen molar-refractivity contribution >= 4 is 23.2 Å². The maximum absolute atomic E-state index is 12.9. The molecule has 4 rings (SSSR count). The Hall–Kier alpha value is -2.40. The van der Waals surface area contributed by atoms with Crippen LogP contribution in [0.3, 0.4) is 0 Å². The minimum absolute atomic E-state index is 0.0948. The zero-order valence-corrected chi connectivity index (χ0v) is 17.6. The fourth-order valence-electron chi connectivity index (χ4n) is 3.88. The maximum atomic E-state index is 12.9. The molecule has 2 aliphatic heterocycles. The molecular weight excluding hydrogens is 388 g/mol. The van der Waals surface area contributed by atoms with Crippen LogP contribution in [0, 0.1) is 0 Å². The molecule has 0 atom stereocenters. The standard InChI is InChI=1S/C23H27ClN2O3/c1-25(16-17-6-8-19(9-7-17)26-10-3-2-4-11-26)23(27)18-14-20(24)22-21(15-18)28-12-5-13-29-22/h6-9,14-15H,2-5,10-13,16H2,1H3. The van der Waals surface area contributed by atoms with Crippen molar-refractivity contribution in [3.05, 3.63) is 52.5 Å². The minimum Gasteiger partial charge on any atom is -0.489 e. The third-order valence-corrected chi connectivity index (χ3v) is 5.75. The van der Waals surface area contributed by atoms with Gasteiger partial charge in [0.2, 0.25) is 0 Å². The van der Waals surface area contributed by atoms with Crippen molar-refractivity contribution in [2.24, 2.45) is 0 Å². The molecule has 0 N–H and O–H groups in total. The quantitative estimate of drug-likeness (QED) is 0.723. The van der Waals surface area contributed by atoms with Gasteiger partial charge in [0.15, 0.2) is 11.5 Å². The van der Waals surface area contributed by atoms with Crippen molar-refractivity contribution in [3.8, 4) is 11.5 Å². The summed E-state index contributed by atoms with van der Waals surface area (Å²) in [5.41, 5.74) is 2.87. The van der Waals surface area contributed by atoms with Crippen LogP contribution in [0.1, 0.15) is 41.6 Å². The van der Waals surface area contributed by atoms with Gasteiger partial charge in [-0.3, -0.25) is 4.79 Å². The van der Waals surface area contributed by atoms with E-state index < -0.39 is 0 Å². The van der Waals surface area contributed by atoms with E-state index in [0.717, 1.165) is 25.1 Å². The normalized spacial score (nSPS) is 16.3. The molecule has 154 valence electrons. The molecule has 0 spiro atoms. The van der Waals surface area contributed by atoms with Gasteiger partial charge in [-0.25, -0.2) is 0 Å². The predicted molar refractivity (Wildman–Crippen MR) is 115 cm³/mol. The topological polar surface area (TPSA) is 42.0 Å². The van der Waals surface area contributed by atoms with Crippen molar-refractivity contribution < 1.29 is 14.3 Å². The fourth-order valence-corrected chi connectivity index (χ4v) is 4.15. The molecule has 1 amide bonds.